The van der Waals surface area contributed by atoms with Crippen LogP contribution in [0, 0.1) is 0 Å². The lowest BCUT2D eigenvalue weighted by Gasteiger charge is -2.23. The Labute approximate surface area is 225 Å². The van der Waals surface area contributed by atoms with Crippen LogP contribution >= 0.6 is 0 Å². The van der Waals surface area contributed by atoms with Crippen LogP contribution in [0.2, 0.25) is 0 Å². The molecule has 210 valence electrons. The van der Waals surface area contributed by atoms with E-state index in [4.69, 9.17) is 14.2 Å². The molecule has 4 rings (SSSR count). The molecular weight excluding hydrogens is 466 g/mol. The maximum absolute atomic E-state index is 11.2. The van der Waals surface area contributed by atoms with E-state index >= 15 is 0 Å². The summed E-state index contributed by atoms with van der Waals surface area (Å²) >= 11 is 0. The van der Waals surface area contributed by atoms with E-state index in [1.807, 2.05) is 0 Å². The lowest BCUT2D eigenvalue weighted by atomic mass is 9.92. The zero-order valence-corrected chi connectivity index (χ0v) is 23.8. The molecule has 37 heavy (non-hydrogen) atoms. The van der Waals surface area contributed by atoms with Gasteiger partial charge in [-0.15, -0.1) is 0 Å². The van der Waals surface area contributed by atoms with Gasteiger partial charge in [0.25, 0.3) is 0 Å². The highest BCUT2D eigenvalue weighted by Crippen LogP contribution is 2.42. The highest BCUT2D eigenvalue weighted by Gasteiger charge is 2.34. The molecule has 0 saturated carbocycles. The summed E-state index contributed by atoms with van der Waals surface area (Å²) in [5.41, 5.74) is 2.59. The molecule has 3 aliphatic rings. The number of likely N-dealkylation sites (tertiary alicyclic amines) is 1. The molecule has 0 amide bonds. The number of hydrogen-bond acceptors (Lipinski definition) is 7. The molecule has 7 nitrogen and oxygen atoms in total. The van der Waals surface area contributed by atoms with Crippen molar-refractivity contribution in [2.75, 3.05) is 53.2 Å². The van der Waals surface area contributed by atoms with E-state index in [9.17, 15) is 4.79 Å². The largest absolute Gasteiger partial charge is 0.454 e. The molecule has 1 N–H and O–H groups in total. The average Bonchev–Trinajstić information content (AvgIpc) is 3.67. The van der Waals surface area contributed by atoms with Crippen molar-refractivity contribution in [2.24, 2.45) is 0 Å². The second-order valence-electron chi connectivity index (χ2n) is 10.8. The number of benzene rings is 1. The third-order valence-electron chi connectivity index (χ3n) is 7.73. The maximum Gasteiger partial charge on any atom is 0.231 e. The lowest BCUT2D eigenvalue weighted by molar-refractivity contribution is -0.109. The monoisotopic (exact) mass is 517 g/mol. The smallest absolute Gasteiger partial charge is 0.231 e. The summed E-state index contributed by atoms with van der Waals surface area (Å²) in [6, 6.07) is 4.90. The fraction of sp³-hybridized carbons (Fsp3) is 0.767. The number of aldehydes is 1. The molecule has 3 atom stereocenters. The molecular formula is C30H51N3O4. The number of fused-ring (bicyclic) bond motifs is 1. The van der Waals surface area contributed by atoms with E-state index in [-0.39, 0.29) is 6.23 Å². The van der Waals surface area contributed by atoms with Crippen molar-refractivity contribution in [2.45, 2.75) is 96.7 Å². The Kier molecular flexibility index (Phi) is 13.2. The molecule has 0 spiro atoms. The van der Waals surface area contributed by atoms with Crippen molar-refractivity contribution in [1.82, 2.24) is 15.1 Å². The molecule has 3 unspecified atom stereocenters. The van der Waals surface area contributed by atoms with Gasteiger partial charge in [0, 0.05) is 19.1 Å². The number of nitrogens with one attached hydrogen (secondary N) is 1. The molecule has 0 aromatic heterocycles. The van der Waals surface area contributed by atoms with Crippen molar-refractivity contribution in [3.05, 3.63) is 23.3 Å². The van der Waals surface area contributed by atoms with Crippen LogP contribution in [-0.4, -0.2) is 81.5 Å². The topological polar surface area (TPSA) is 63.3 Å². The first-order valence-electron chi connectivity index (χ1n) is 14.7. The second-order valence-corrected chi connectivity index (χ2v) is 10.8. The number of nitrogens with zero attached hydrogens (tertiary/aromatic N) is 2. The van der Waals surface area contributed by atoms with Crippen molar-refractivity contribution < 1.29 is 19.0 Å². The van der Waals surface area contributed by atoms with Gasteiger partial charge < -0.3 is 23.9 Å². The van der Waals surface area contributed by atoms with Crippen LogP contribution in [-0.2, 0) is 16.0 Å². The number of ether oxygens (including phenoxy) is 3. The van der Waals surface area contributed by atoms with E-state index in [0.29, 0.717) is 25.3 Å². The average molecular weight is 518 g/mol. The van der Waals surface area contributed by atoms with Crippen molar-refractivity contribution in [3.8, 4) is 11.5 Å². The normalized spacial score (nSPS) is 22.9. The molecule has 0 aliphatic carbocycles. The minimum absolute atomic E-state index is 0.170. The Morgan fingerprint density at radius 1 is 1.08 bits per heavy atom. The minimum Gasteiger partial charge on any atom is -0.454 e. The summed E-state index contributed by atoms with van der Waals surface area (Å²) in [5.74, 6) is 2.25. The Morgan fingerprint density at radius 2 is 1.92 bits per heavy atom. The molecule has 1 aromatic rings. The summed E-state index contributed by atoms with van der Waals surface area (Å²) in [6.45, 7) is 12.7. The van der Waals surface area contributed by atoms with E-state index in [1.165, 1.54) is 43.5 Å². The summed E-state index contributed by atoms with van der Waals surface area (Å²) in [6.07, 6.45) is 11.6. The Bertz CT molecular complexity index is 799. The first-order chi connectivity index (χ1) is 18.1. The van der Waals surface area contributed by atoms with Crippen LogP contribution in [0.4, 0.5) is 0 Å². The van der Waals surface area contributed by atoms with Gasteiger partial charge in [-0.2, -0.15) is 0 Å². The van der Waals surface area contributed by atoms with Crippen molar-refractivity contribution in [1.29, 1.82) is 0 Å². The van der Waals surface area contributed by atoms with Crippen molar-refractivity contribution >= 4 is 6.29 Å². The number of carbonyl (C=O) groups is 1. The predicted octanol–water partition coefficient (Wildman–Crippen LogP) is 4.97. The summed E-state index contributed by atoms with van der Waals surface area (Å²) in [4.78, 5) is 15.9. The van der Waals surface area contributed by atoms with Gasteiger partial charge in [0.1, 0.15) is 12.5 Å². The van der Waals surface area contributed by atoms with Gasteiger partial charge in [-0.1, -0.05) is 39.7 Å². The van der Waals surface area contributed by atoms with Gasteiger partial charge in [0.15, 0.2) is 11.5 Å². The van der Waals surface area contributed by atoms with Gasteiger partial charge in [0.2, 0.25) is 6.79 Å². The molecule has 0 radical (unpaired) electrons. The van der Waals surface area contributed by atoms with E-state index in [1.54, 1.807) is 0 Å². The van der Waals surface area contributed by atoms with Gasteiger partial charge in [-0.25, -0.2) is 0 Å². The zero-order valence-electron chi connectivity index (χ0n) is 23.8. The van der Waals surface area contributed by atoms with Crippen LogP contribution in [0.5, 0.6) is 11.5 Å². The standard InChI is InChI=1S/C22H32N2O4.C8H19N/c1-2-3-4-16-11-17(13-20-22(16)28-15-27-20)18-12-19(24(14-18)8-9-25)5-6-21-23-7-10-26-21;1-4-6-8-9(3)7-5-2/h9,11,13,18-19,21,23H,2-8,10,12,14-15H2,1H3;4-8H2,1-3H3. The van der Waals surface area contributed by atoms with Gasteiger partial charge in [-0.3, -0.25) is 10.2 Å². The van der Waals surface area contributed by atoms with Crippen LogP contribution in [0.3, 0.4) is 0 Å². The second kappa shape index (κ2) is 16.3. The van der Waals surface area contributed by atoms with Gasteiger partial charge in [0.05, 0.1) is 13.2 Å². The number of rotatable bonds is 14. The third kappa shape index (κ3) is 9.24. The van der Waals surface area contributed by atoms with Gasteiger partial charge in [-0.05, 0) is 88.2 Å². The van der Waals surface area contributed by atoms with Crippen molar-refractivity contribution in [3.63, 3.8) is 0 Å². The SMILES string of the molecule is CCCCN(C)CCC.CCCCc1cc(C2CC(CCC3NCCO3)N(CC=O)C2)cc2c1OCO2. The van der Waals surface area contributed by atoms with E-state index < -0.39 is 0 Å². The first kappa shape index (κ1) is 29.9. The zero-order chi connectivity index (χ0) is 26.5. The third-order valence-corrected chi connectivity index (χ3v) is 7.73. The highest BCUT2D eigenvalue weighted by molar-refractivity contribution is 5.53. The van der Waals surface area contributed by atoms with Crippen LogP contribution < -0.4 is 14.8 Å². The number of carbonyl (C=O) groups excluding carboxylic acids is 1. The molecule has 3 aliphatic heterocycles. The van der Waals surface area contributed by atoms with Crippen LogP contribution in [0.1, 0.15) is 89.2 Å². The summed E-state index contributed by atoms with van der Waals surface area (Å²) in [7, 11) is 2.19. The molecule has 2 fully saturated rings. The maximum atomic E-state index is 11.2. The minimum atomic E-state index is 0.170. The van der Waals surface area contributed by atoms with Gasteiger partial charge >= 0.3 is 0 Å². The van der Waals surface area contributed by atoms with Crippen LogP contribution in [0.15, 0.2) is 12.1 Å². The molecule has 0 bridgehead atoms. The fourth-order valence-corrected chi connectivity index (χ4v) is 5.67. The lowest BCUT2D eigenvalue weighted by Crippen LogP contribution is -2.33. The first-order valence-corrected chi connectivity index (χ1v) is 14.7. The molecule has 2 saturated heterocycles. The van der Waals surface area contributed by atoms with Crippen LogP contribution in [0.25, 0.3) is 0 Å². The fourth-order valence-electron chi connectivity index (χ4n) is 5.67. The molecule has 3 heterocycles. The number of aryl methyl sites for hydroxylation is 1. The predicted molar refractivity (Wildman–Crippen MR) is 150 cm³/mol. The van der Waals surface area contributed by atoms with E-state index in [2.05, 4.69) is 55.1 Å². The number of hydrogen-bond donors (Lipinski definition) is 1. The Hall–Kier alpha value is -1.67. The van der Waals surface area contributed by atoms with E-state index in [0.717, 1.165) is 76.0 Å². The highest BCUT2D eigenvalue weighted by atomic mass is 16.7. The summed E-state index contributed by atoms with van der Waals surface area (Å²) < 4.78 is 17.1. The Balaban J connectivity index is 0.000000364. The molecule has 7 heteroatoms. The Morgan fingerprint density at radius 3 is 2.62 bits per heavy atom. The number of unbranched alkanes of at least 4 members (excludes halogenated alkanes) is 2. The molecule has 1 aromatic carbocycles. The quantitative estimate of drug-likeness (QED) is 0.350. The summed E-state index contributed by atoms with van der Waals surface area (Å²) in [5, 5.41) is 3.38.